The van der Waals surface area contributed by atoms with Crippen molar-refractivity contribution >= 4 is 5.91 Å². The second-order valence-electron chi connectivity index (χ2n) is 7.29. The summed E-state index contributed by atoms with van der Waals surface area (Å²) >= 11 is 0. The van der Waals surface area contributed by atoms with Gasteiger partial charge in [-0.1, -0.05) is 45.4 Å². The Morgan fingerprint density at radius 1 is 1.28 bits per heavy atom. The second-order valence-corrected chi connectivity index (χ2v) is 7.29. The number of hydrogen-bond donors (Lipinski definition) is 1. The van der Waals surface area contributed by atoms with Gasteiger partial charge < -0.3 is 14.6 Å². The van der Waals surface area contributed by atoms with Crippen LogP contribution >= 0.6 is 0 Å². The molecule has 25 heavy (non-hydrogen) atoms. The Bertz CT molecular complexity index is 517. The number of amides is 1. The quantitative estimate of drug-likeness (QED) is 0.621. The van der Waals surface area contributed by atoms with E-state index in [-0.39, 0.29) is 18.1 Å². The average Bonchev–Trinajstić information content (AvgIpc) is 3.24. The summed E-state index contributed by atoms with van der Waals surface area (Å²) in [6.45, 7) is 3.00. The van der Waals surface area contributed by atoms with E-state index in [2.05, 4.69) is 17.1 Å². The molecular formula is C19H34N4O2. The summed E-state index contributed by atoms with van der Waals surface area (Å²) < 4.78 is 1.89. The van der Waals surface area contributed by atoms with Crippen molar-refractivity contribution in [3.8, 4) is 0 Å². The summed E-state index contributed by atoms with van der Waals surface area (Å²) in [6, 6.07) is 0.0377. The van der Waals surface area contributed by atoms with Crippen LogP contribution in [0.5, 0.6) is 0 Å². The van der Waals surface area contributed by atoms with E-state index in [4.69, 9.17) is 0 Å². The van der Waals surface area contributed by atoms with Gasteiger partial charge in [0.2, 0.25) is 5.91 Å². The highest BCUT2D eigenvalue weighted by atomic mass is 16.3. The van der Waals surface area contributed by atoms with E-state index >= 15 is 0 Å². The van der Waals surface area contributed by atoms with Crippen LogP contribution in [0.3, 0.4) is 0 Å². The van der Waals surface area contributed by atoms with E-state index < -0.39 is 0 Å². The number of unbranched alkanes of at least 4 members (excludes halogenated alkanes) is 5. The number of aliphatic hydroxyl groups is 1. The standard InChI is InChI=1S/C19H34N4O2/c1-3-4-5-6-7-8-10-16(24)12-13-18(25)23-14-9-11-17(23)19-21-20-15-22(19)2/h15-17,24H,3-14H2,1-2H3/t16-,17-/m0/s1. The van der Waals surface area contributed by atoms with Gasteiger partial charge in [-0.05, 0) is 25.7 Å². The number of likely N-dealkylation sites (tertiary alicyclic amines) is 1. The van der Waals surface area contributed by atoms with Gasteiger partial charge in [0.25, 0.3) is 0 Å². The van der Waals surface area contributed by atoms with Crippen molar-refractivity contribution in [2.75, 3.05) is 6.54 Å². The maximum Gasteiger partial charge on any atom is 0.223 e. The zero-order valence-electron chi connectivity index (χ0n) is 15.9. The number of aromatic nitrogens is 3. The molecule has 0 aromatic carbocycles. The minimum Gasteiger partial charge on any atom is -0.393 e. The molecule has 2 heterocycles. The number of carbonyl (C=O) groups is 1. The van der Waals surface area contributed by atoms with E-state index in [9.17, 15) is 9.90 Å². The second kappa shape index (κ2) is 10.5. The number of carbonyl (C=O) groups excluding carboxylic acids is 1. The van der Waals surface area contributed by atoms with E-state index in [1.54, 1.807) is 6.33 Å². The zero-order chi connectivity index (χ0) is 18.1. The molecule has 0 spiro atoms. The summed E-state index contributed by atoms with van der Waals surface area (Å²) in [5.74, 6) is 0.992. The van der Waals surface area contributed by atoms with Gasteiger partial charge in [-0.15, -0.1) is 10.2 Å². The maximum absolute atomic E-state index is 12.6. The molecular weight excluding hydrogens is 316 g/mol. The predicted octanol–water partition coefficient (Wildman–Crippen LogP) is 3.37. The summed E-state index contributed by atoms with van der Waals surface area (Å²) in [7, 11) is 1.92. The molecule has 6 nitrogen and oxygen atoms in total. The molecule has 1 aliphatic heterocycles. The number of hydrogen-bond acceptors (Lipinski definition) is 4. The topological polar surface area (TPSA) is 71.2 Å². The van der Waals surface area contributed by atoms with Crippen molar-refractivity contribution in [1.29, 1.82) is 0 Å². The Balaban J connectivity index is 1.68. The zero-order valence-corrected chi connectivity index (χ0v) is 15.9. The van der Waals surface area contributed by atoms with Gasteiger partial charge in [-0.3, -0.25) is 4.79 Å². The molecule has 0 radical (unpaired) electrons. The van der Waals surface area contributed by atoms with Crippen LogP contribution < -0.4 is 0 Å². The van der Waals surface area contributed by atoms with E-state index in [0.717, 1.165) is 38.1 Å². The van der Waals surface area contributed by atoms with Crippen LogP contribution in [0, 0.1) is 0 Å². The summed E-state index contributed by atoms with van der Waals surface area (Å²) in [6.07, 6.45) is 12.4. The molecule has 6 heteroatoms. The minimum atomic E-state index is -0.356. The van der Waals surface area contributed by atoms with Gasteiger partial charge in [0.05, 0.1) is 12.1 Å². The SMILES string of the molecule is CCCCCCCC[C@H](O)CCC(=O)N1CCC[C@H]1c1nncn1C. The third-order valence-electron chi connectivity index (χ3n) is 5.20. The number of aryl methyl sites for hydroxylation is 1. The predicted molar refractivity (Wildman–Crippen MR) is 97.9 cm³/mol. The third kappa shape index (κ3) is 6.10. The molecule has 142 valence electrons. The highest BCUT2D eigenvalue weighted by Gasteiger charge is 2.32. The fraction of sp³-hybridized carbons (Fsp3) is 0.842. The van der Waals surface area contributed by atoms with Crippen molar-refractivity contribution < 1.29 is 9.90 Å². The Labute approximate surface area is 151 Å². The molecule has 1 saturated heterocycles. The largest absolute Gasteiger partial charge is 0.393 e. The van der Waals surface area contributed by atoms with Crippen LogP contribution in [-0.2, 0) is 11.8 Å². The molecule has 1 fully saturated rings. The maximum atomic E-state index is 12.6. The van der Waals surface area contributed by atoms with Crippen molar-refractivity contribution in [2.24, 2.45) is 7.05 Å². The Morgan fingerprint density at radius 3 is 2.76 bits per heavy atom. The molecule has 0 aliphatic carbocycles. The van der Waals surface area contributed by atoms with Crippen LogP contribution in [0.4, 0.5) is 0 Å². The minimum absolute atomic E-state index is 0.0377. The lowest BCUT2D eigenvalue weighted by Gasteiger charge is -2.24. The molecule has 0 saturated carbocycles. The molecule has 0 unspecified atom stereocenters. The van der Waals surface area contributed by atoms with E-state index in [1.165, 1.54) is 32.1 Å². The molecule has 1 N–H and O–H groups in total. The van der Waals surface area contributed by atoms with Crippen molar-refractivity contribution in [2.45, 2.75) is 89.7 Å². The molecule has 2 rings (SSSR count). The van der Waals surface area contributed by atoms with E-state index in [1.807, 2.05) is 16.5 Å². The average molecular weight is 351 g/mol. The fourth-order valence-corrected chi connectivity index (χ4v) is 3.67. The van der Waals surface area contributed by atoms with Crippen LogP contribution in [0.1, 0.15) is 89.4 Å². The normalized spacial score (nSPS) is 18.7. The molecule has 1 aliphatic rings. The Morgan fingerprint density at radius 2 is 2.04 bits per heavy atom. The number of rotatable bonds is 11. The first-order valence-electron chi connectivity index (χ1n) is 9.95. The highest BCUT2D eigenvalue weighted by molar-refractivity contribution is 5.76. The number of nitrogens with zero attached hydrogens (tertiary/aromatic N) is 4. The van der Waals surface area contributed by atoms with Crippen LogP contribution in [-0.4, -0.2) is 43.3 Å². The summed E-state index contributed by atoms with van der Waals surface area (Å²) in [5, 5.41) is 18.2. The monoisotopic (exact) mass is 350 g/mol. The first-order valence-corrected chi connectivity index (χ1v) is 9.95. The van der Waals surface area contributed by atoms with Crippen LogP contribution in [0.25, 0.3) is 0 Å². The van der Waals surface area contributed by atoms with Crippen molar-refractivity contribution in [1.82, 2.24) is 19.7 Å². The molecule has 1 amide bonds. The number of aliphatic hydroxyl groups excluding tert-OH is 1. The lowest BCUT2D eigenvalue weighted by atomic mass is 10.0. The van der Waals surface area contributed by atoms with Crippen molar-refractivity contribution in [3.63, 3.8) is 0 Å². The molecule has 1 aromatic rings. The van der Waals surface area contributed by atoms with Gasteiger partial charge in [0, 0.05) is 20.0 Å². The Kier molecular flexibility index (Phi) is 8.38. The Hall–Kier alpha value is -1.43. The third-order valence-corrected chi connectivity index (χ3v) is 5.20. The molecule has 2 atom stereocenters. The van der Waals surface area contributed by atoms with Gasteiger partial charge in [0.15, 0.2) is 5.82 Å². The smallest absolute Gasteiger partial charge is 0.223 e. The summed E-state index contributed by atoms with van der Waals surface area (Å²) in [4.78, 5) is 14.5. The van der Waals surface area contributed by atoms with Gasteiger partial charge in [0.1, 0.15) is 6.33 Å². The highest BCUT2D eigenvalue weighted by Crippen LogP contribution is 2.31. The van der Waals surface area contributed by atoms with Gasteiger partial charge >= 0.3 is 0 Å². The van der Waals surface area contributed by atoms with Crippen LogP contribution in [0.2, 0.25) is 0 Å². The van der Waals surface area contributed by atoms with E-state index in [0.29, 0.717) is 12.8 Å². The van der Waals surface area contributed by atoms with Gasteiger partial charge in [-0.25, -0.2) is 0 Å². The fourth-order valence-electron chi connectivity index (χ4n) is 3.67. The first kappa shape index (κ1) is 19.9. The van der Waals surface area contributed by atoms with Gasteiger partial charge in [-0.2, -0.15) is 0 Å². The molecule has 0 bridgehead atoms. The van der Waals surface area contributed by atoms with Crippen LogP contribution in [0.15, 0.2) is 6.33 Å². The lowest BCUT2D eigenvalue weighted by molar-refractivity contribution is -0.133. The molecule has 1 aromatic heterocycles. The van der Waals surface area contributed by atoms with Crippen molar-refractivity contribution in [3.05, 3.63) is 12.2 Å². The lowest BCUT2D eigenvalue weighted by Crippen LogP contribution is -2.32. The first-order chi connectivity index (χ1) is 12.1. The summed E-state index contributed by atoms with van der Waals surface area (Å²) in [5.41, 5.74) is 0.